The van der Waals surface area contributed by atoms with Crippen molar-refractivity contribution in [2.24, 2.45) is 0 Å². The minimum Gasteiger partial charge on any atom is -0.0972 e. The summed E-state index contributed by atoms with van der Waals surface area (Å²) in [5.74, 6) is 0. The Bertz CT molecular complexity index is 392. The highest BCUT2D eigenvalue weighted by Crippen LogP contribution is 2.63. The van der Waals surface area contributed by atoms with Crippen LogP contribution in [0.3, 0.4) is 0 Å². The quantitative estimate of drug-likeness (QED) is 0.521. The normalized spacial score (nSPS) is 47.0. The molecule has 0 aromatic carbocycles. The van der Waals surface area contributed by atoms with Crippen LogP contribution < -0.4 is 0 Å². The fraction of sp³-hybridized carbons (Fsp3) is 1.00. The molecule has 4 aliphatic heterocycles. The zero-order valence-electron chi connectivity index (χ0n) is 12.8. The lowest BCUT2D eigenvalue weighted by Crippen LogP contribution is -2.11. The maximum atomic E-state index is 5.75. The van der Waals surface area contributed by atoms with Gasteiger partial charge in [0.05, 0.1) is 0 Å². The van der Waals surface area contributed by atoms with Gasteiger partial charge in [0.2, 0.25) is 0 Å². The molecule has 4 saturated heterocycles. The fourth-order valence-corrected chi connectivity index (χ4v) is 15.2. The second-order valence-corrected chi connectivity index (χ2v) is 18.8. The molecule has 0 aromatic rings. The Kier molecular flexibility index (Phi) is 5.51. The van der Waals surface area contributed by atoms with E-state index in [2.05, 4.69) is 0 Å². The number of hydrogen-bond acceptors (Lipinski definition) is 2. The summed E-state index contributed by atoms with van der Waals surface area (Å²) >= 11 is 11.5. The van der Waals surface area contributed by atoms with Crippen molar-refractivity contribution in [1.82, 2.24) is 0 Å². The monoisotopic (exact) mass is 348 g/mol. The van der Waals surface area contributed by atoms with Crippen LogP contribution in [-0.4, -0.2) is 36.0 Å². The van der Waals surface area contributed by atoms with E-state index < -0.39 is 12.1 Å². The van der Waals surface area contributed by atoms with Crippen molar-refractivity contribution in [3.63, 3.8) is 0 Å². The average molecular weight is 348 g/mol. The lowest BCUT2D eigenvalue weighted by molar-refractivity contribution is 0.639. The Morgan fingerprint density at radius 1 is 0.500 bits per heavy atom. The van der Waals surface area contributed by atoms with Crippen LogP contribution in [0.2, 0.25) is 0 Å². The van der Waals surface area contributed by atoms with Gasteiger partial charge in [-0.15, -0.1) is 0 Å². The van der Waals surface area contributed by atoms with Gasteiger partial charge in [-0.25, -0.2) is 0 Å². The lowest BCUT2D eigenvalue weighted by atomic mass is 10.1. The van der Waals surface area contributed by atoms with Gasteiger partial charge < -0.3 is 0 Å². The van der Waals surface area contributed by atoms with Gasteiger partial charge in [0.15, 0.2) is 0 Å². The van der Waals surface area contributed by atoms with Crippen LogP contribution in [-0.2, 0) is 23.6 Å². The molecule has 116 valence electrons. The van der Waals surface area contributed by atoms with Crippen LogP contribution >= 0.6 is 12.1 Å². The Morgan fingerprint density at radius 2 is 0.850 bits per heavy atom. The molecule has 20 heavy (non-hydrogen) atoms. The molecule has 0 saturated carbocycles. The molecule has 0 radical (unpaired) electrons. The Hall–Kier alpha value is 1.30. The number of hydrogen-bond donors (Lipinski definition) is 0. The van der Waals surface area contributed by atoms with E-state index in [-0.39, 0.29) is 0 Å². The van der Waals surface area contributed by atoms with E-state index in [0.717, 1.165) is 11.3 Å². The molecule has 0 amide bonds. The highest BCUT2D eigenvalue weighted by atomic mass is 32.4. The molecular formula is C16H30P2S2. The molecule has 0 unspecified atom stereocenters. The van der Waals surface area contributed by atoms with E-state index in [0.29, 0.717) is 0 Å². The molecule has 0 aromatic heterocycles. The van der Waals surface area contributed by atoms with E-state index in [1.54, 1.807) is 0 Å². The predicted molar refractivity (Wildman–Crippen MR) is 102 cm³/mol. The summed E-state index contributed by atoms with van der Waals surface area (Å²) in [5.41, 5.74) is 2.08. The topological polar surface area (TPSA) is 0 Å². The van der Waals surface area contributed by atoms with E-state index >= 15 is 0 Å². The van der Waals surface area contributed by atoms with Gasteiger partial charge in [-0.2, -0.15) is 0 Å². The van der Waals surface area contributed by atoms with Crippen LogP contribution in [0.4, 0.5) is 0 Å². The third kappa shape index (κ3) is 3.45. The Labute approximate surface area is 135 Å². The molecule has 0 spiro atoms. The van der Waals surface area contributed by atoms with Gasteiger partial charge in [-0.05, 0) is 99.4 Å². The third-order valence-electron chi connectivity index (χ3n) is 6.13. The summed E-state index contributed by atoms with van der Waals surface area (Å²) in [6, 6.07) is -1.48. The van der Waals surface area contributed by atoms with Crippen LogP contribution in [0.15, 0.2) is 0 Å². The van der Waals surface area contributed by atoms with Crippen molar-refractivity contribution in [2.45, 2.75) is 75.5 Å². The zero-order chi connectivity index (χ0) is 14.1. The smallest absolute Gasteiger partial charge is 0.0118 e. The third-order valence-corrected chi connectivity index (χ3v) is 18.1. The molecule has 4 rings (SSSR count). The Morgan fingerprint density at radius 3 is 1.25 bits per heavy atom. The Balaban J connectivity index is 0.000000121. The van der Waals surface area contributed by atoms with Gasteiger partial charge in [-0.1, -0.05) is 36.5 Å². The molecule has 4 aliphatic rings. The maximum absolute atomic E-state index is 5.75. The summed E-state index contributed by atoms with van der Waals surface area (Å²) in [5, 5.41) is 0. The van der Waals surface area contributed by atoms with E-state index in [4.69, 9.17) is 23.6 Å². The van der Waals surface area contributed by atoms with Gasteiger partial charge in [0.25, 0.3) is 0 Å². The van der Waals surface area contributed by atoms with Crippen molar-refractivity contribution < 1.29 is 0 Å². The minimum absolute atomic E-state index is 0.741. The summed E-state index contributed by atoms with van der Waals surface area (Å²) in [6.07, 6.45) is 20.5. The molecule has 0 bridgehead atoms. The van der Waals surface area contributed by atoms with E-state index in [9.17, 15) is 0 Å². The van der Waals surface area contributed by atoms with Crippen molar-refractivity contribution in [1.29, 1.82) is 0 Å². The van der Waals surface area contributed by atoms with Crippen LogP contribution in [0.1, 0.15) is 64.2 Å². The van der Waals surface area contributed by atoms with Gasteiger partial charge in [0.1, 0.15) is 0 Å². The average Bonchev–Trinajstić information content (AvgIpc) is 3.01. The summed E-state index contributed by atoms with van der Waals surface area (Å²) in [6.45, 7) is 0. The summed E-state index contributed by atoms with van der Waals surface area (Å²) in [7, 11) is 0. The van der Waals surface area contributed by atoms with Crippen LogP contribution in [0.25, 0.3) is 0 Å². The minimum atomic E-state index is -0.741. The standard InChI is InChI=1S/2C8H15PS/c2*10-9-6-2-1-4-8(9)5-3-7-9/h2*8H,1-7H2/t2*8-,9-/m10/s1. The fourth-order valence-electron chi connectivity index (χ4n) is 4.89. The first kappa shape index (κ1) is 16.2. The number of rotatable bonds is 0. The second-order valence-electron chi connectivity index (χ2n) is 7.38. The SMILES string of the molecule is S=[P@@]12CCCC[C@@H]1CCC2.S=[P@]12CCCC[C@H]1CCC2. The molecular weight excluding hydrogens is 318 g/mol. The predicted octanol–water partition coefficient (Wildman–Crippen LogP) is 5.62. The first-order valence-electron chi connectivity index (χ1n) is 8.78. The summed E-state index contributed by atoms with van der Waals surface area (Å²) < 4.78 is 0. The molecule has 4 heterocycles. The first-order valence-corrected chi connectivity index (χ1v) is 15.3. The van der Waals surface area contributed by atoms with E-state index in [1.807, 2.05) is 0 Å². The van der Waals surface area contributed by atoms with Crippen LogP contribution in [0.5, 0.6) is 0 Å². The largest absolute Gasteiger partial charge is 0.0972 e. The van der Waals surface area contributed by atoms with E-state index in [1.165, 1.54) is 88.9 Å². The molecule has 4 atom stereocenters. The van der Waals surface area contributed by atoms with Gasteiger partial charge in [-0.3, -0.25) is 0 Å². The lowest BCUT2D eigenvalue weighted by Gasteiger charge is -2.28. The second kappa shape index (κ2) is 6.82. The maximum Gasteiger partial charge on any atom is -0.0118 e. The number of fused-ring (bicyclic) bond motifs is 2. The van der Waals surface area contributed by atoms with Crippen molar-refractivity contribution in [3.05, 3.63) is 0 Å². The molecule has 0 nitrogen and oxygen atoms in total. The van der Waals surface area contributed by atoms with Crippen molar-refractivity contribution in [3.8, 4) is 0 Å². The van der Waals surface area contributed by atoms with Gasteiger partial charge >= 0.3 is 0 Å². The van der Waals surface area contributed by atoms with Gasteiger partial charge in [0, 0.05) is 0 Å². The highest BCUT2D eigenvalue weighted by molar-refractivity contribution is 8.15. The molecule has 0 N–H and O–H groups in total. The first-order chi connectivity index (χ1) is 9.62. The van der Waals surface area contributed by atoms with Crippen LogP contribution in [0, 0.1) is 0 Å². The zero-order valence-corrected chi connectivity index (χ0v) is 16.2. The highest BCUT2D eigenvalue weighted by Gasteiger charge is 2.35. The summed E-state index contributed by atoms with van der Waals surface area (Å²) in [4.78, 5) is 0. The molecule has 0 aliphatic carbocycles. The van der Waals surface area contributed by atoms with Crippen molar-refractivity contribution >= 4 is 35.7 Å². The molecule has 4 fully saturated rings. The van der Waals surface area contributed by atoms with Crippen molar-refractivity contribution in [2.75, 3.05) is 24.6 Å². The molecule has 4 heteroatoms.